The molecular weight excluding hydrogens is 398 g/mol. The maximum absolute atomic E-state index is 11.7. The molecule has 0 bridgehead atoms. The molecule has 5 heteroatoms. The summed E-state index contributed by atoms with van der Waals surface area (Å²) < 4.78 is 8.01. The van der Waals surface area contributed by atoms with Gasteiger partial charge in [-0.1, -0.05) is 91.0 Å². The van der Waals surface area contributed by atoms with Gasteiger partial charge in [0.25, 0.3) is 0 Å². The van der Waals surface area contributed by atoms with E-state index in [4.69, 9.17) is 9.72 Å². The van der Waals surface area contributed by atoms with Crippen molar-refractivity contribution in [3.8, 4) is 0 Å². The second kappa shape index (κ2) is 8.44. The van der Waals surface area contributed by atoms with Crippen molar-refractivity contribution < 1.29 is 9.53 Å². The lowest BCUT2D eigenvalue weighted by Gasteiger charge is -2.37. The maximum Gasteiger partial charge on any atom is 0.246 e. The molecule has 32 heavy (non-hydrogen) atoms. The molecule has 1 saturated heterocycles. The summed E-state index contributed by atoms with van der Waals surface area (Å²) in [5.74, 6) is -0.0969. The topological polar surface area (TPSA) is 56.1 Å². The highest BCUT2D eigenvalue weighted by atomic mass is 16.5. The Morgan fingerprint density at radius 3 is 1.84 bits per heavy atom. The molecule has 0 aliphatic carbocycles. The maximum atomic E-state index is 11.7. The van der Waals surface area contributed by atoms with E-state index in [0.29, 0.717) is 0 Å². The van der Waals surface area contributed by atoms with Gasteiger partial charge in [0.2, 0.25) is 5.91 Å². The highest BCUT2D eigenvalue weighted by molar-refractivity contribution is 5.78. The van der Waals surface area contributed by atoms with Crippen LogP contribution in [0.1, 0.15) is 35.4 Å². The quantitative estimate of drug-likeness (QED) is 0.487. The largest absolute Gasteiger partial charge is 0.360 e. The number of aromatic nitrogens is 2. The molecule has 3 aromatic carbocycles. The number of carbonyl (C=O) groups is 1. The lowest BCUT2D eigenvalue weighted by Crippen LogP contribution is -2.45. The number of morpholine rings is 1. The Kier molecular flexibility index (Phi) is 5.33. The summed E-state index contributed by atoms with van der Waals surface area (Å²) in [5.41, 5.74) is 3.58. The van der Waals surface area contributed by atoms with Crippen LogP contribution >= 0.6 is 0 Å². The molecule has 0 saturated carbocycles. The van der Waals surface area contributed by atoms with E-state index in [2.05, 4.69) is 82.7 Å². The van der Waals surface area contributed by atoms with Gasteiger partial charge in [-0.3, -0.25) is 4.79 Å². The number of rotatable bonds is 5. The van der Waals surface area contributed by atoms with Crippen molar-refractivity contribution in [3.05, 3.63) is 126 Å². The van der Waals surface area contributed by atoms with Crippen LogP contribution in [0, 0.1) is 0 Å². The van der Waals surface area contributed by atoms with Gasteiger partial charge in [0.1, 0.15) is 18.2 Å². The molecular formula is C27H25N3O2. The van der Waals surface area contributed by atoms with Crippen molar-refractivity contribution in [1.29, 1.82) is 0 Å². The van der Waals surface area contributed by atoms with Gasteiger partial charge in [0.15, 0.2) is 0 Å². The number of ether oxygens (including phenoxy) is 1. The first-order valence-corrected chi connectivity index (χ1v) is 10.8. The van der Waals surface area contributed by atoms with Gasteiger partial charge >= 0.3 is 0 Å². The van der Waals surface area contributed by atoms with E-state index >= 15 is 0 Å². The third kappa shape index (κ3) is 3.41. The number of nitrogens with one attached hydrogen (secondary N) is 1. The SMILES string of the molecule is CC1NC(=O)COC1c1cn(C(c2ccccc2)(c2ccccc2)c2ccccc2)cn1. The van der Waals surface area contributed by atoms with Crippen LogP contribution in [0.3, 0.4) is 0 Å². The van der Waals surface area contributed by atoms with Crippen LogP contribution in [-0.4, -0.2) is 28.1 Å². The molecule has 1 aliphatic heterocycles. The second-order valence-corrected chi connectivity index (χ2v) is 8.10. The molecule has 1 N–H and O–H groups in total. The fraction of sp³-hybridized carbons (Fsp3) is 0.185. The van der Waals surface area contributed by atoms with Crippen molar-refractivity contribution in [2.45, 2.75) is 24.6 Å². The predicted octanol–water partition coefficient (Wildman–Crippen LogP) is 4.30. The van der Waals surface area contributed by atoms with Gasteiger partial charge in [0.05, 0.1) is 18.1 Å². The minimum absolute atomic E-state index is 0.0447. The number of benzene rings is 3. The van der Waals surface area contributed by atoms with Gasteiger partial charge in [-0.15, -0.1) is 0 Å². The van der Waals surface area contributed by atoms with Crippen molar-refractivity contribution in [3.63, 3.8) is 0 Å². The minimum atomic E-state index is -0.615. The smallest absolute Gasteiger partial charge is 0.246 e. The molecule has 1 aliphatic rings. The fourth-order valence-electron chi connectivity index (χ4n) is 4.68. The number of hydrogen-bond donors (Lipinski definition) is 1. The average Bonchev–Trinajstić information content (AvgIpc) is 3.32. The van der Waals surface area contributed by atoms with Crippen LogP contribution < -0.4 is 5.32 Å². The van der Waals surface area contributed by atoms with Gasteiger partial charge < -0.3 is 14.6 Å². The molecule has 160 valence electrons. The molecule has 5 rings (SSSR count). The minimum Gasteiger partial charge on any atom is -0.360 e. The van der Waals surface area contributed by atoms with E-state index in [0.717, 1.165) is 22.4 Å². The van der Waals surface area contributed by atoms with Crippen LogP contribution in [0.4, 0.5) is 0 Å². The molecule has 0 radical (unpaired) electrons. The van der Waals surface area contributed by atoms with Crippen molar-refractivity contribution in [1.82, 2.24) is 14.9 Å². The summed E-state index contributed by atoms with van der Waals surface area (Å²) in [6.07, 6.45) is 3.62. The van der Waals surface area contributed by atoms with E-state index in [-0.39, 0.29) is 24.7 Å². The van der Waals surface area contributed by atoms with E-state index in [1.165, 1.54) is 0 Å². The van der Waals surface area contributed by atoms with E-state index in [1.807, 2.05) is 37.6 Å². The normalized spacial score (nSPS) is 18.8. The standard InChI is InChI=1S/C27H25N3O2/c1-20-26(32-18-25(31)29-20)24-17-30(19-28-24)27(21-11-5-2-6-12-21,22-13-7-3-8-14-22)23-15-9-4-10-16-23/h2-17,19-20,26H,18H2,1H3,(H,29,31). The van der Waals surface area contributed by atoms with Gasteiger partial charge in [-0.05, 0) is 23.6 Å². The molecule has 4 aromatic rings. The Labute approximate surface area is 187 Å². The first-order chi connectivity index (χ1) is 15.7. The van der Waals surface area contributed by atoms with Crippen molar-refractivity contribution >= 4 is 5.91 Å². The molecule has 0 spiro atoms. The average molecular weight is 424 g/mol. The van der Waals surface area contributed by atoms with Crippen LogP contribution in [0.15, 0.2) is 104 Å². The summed E-state index contributed by atoms with van der Waals surface area (Å²) in [6, 6.07) is 31.2. The third-order valence-corrected chi connectivity index (χ3v) is 6.09. The van der Waals surface area contributed by atoms with Gasteiger partial charge in [-0.2, -0.15) is 0 Å². The first-order valence-electron chi connectivity index (χ1n) is 10.8. The highest BCUT2D eigenvalue weighted by Gasteiger charge is 2.39. The summed E-state index contributed by atoms with van der Waals surface area (Å²) in [4.78, 5) is 16.5. The zero-order valence-electron chi connectivity index (χ0n) is 17.9. The number of hydrogen-bond acceptors (Lipinski definition) is 3. The third-order valence-electron chi connectivity index (χ3n) is 6.09. The zero-order chi connectivity index (χ0) is 22.0. The van der Waals surface area contributed by atoms with E-state index < -0.39 is 5.54 Å². The van der Waals surface area contributed by atoms with Crippen molar-refractivity contribution in [2.24, 2.45) is 0 Å². The molecule has 1 fully saturated rings. The van der Waals surface area contributed by atoms with Gasteiger partial charge in [-0.25, -0.2) is 4.98 Å². The lowest BCUT2D eigenvalue weighted by atomic mass is 9.77. The lowest BCUT2D eigenvalue weighted by molar-refractivity contribution is -0.136. The number of imidazole rings is 1. The summed E-state index contributed by atoms with van der Waals surface area (Å²) in [5, 5.41) is 2.96. The highest BCUT2D eigenvalue weighted by Crippen LogP contribution is 2.41. The van der Waals surface area contributed by atoms with Crippen molar-refractivity contribution in [2.75, 3.05) is 6.61 Å². The second-order valence-electron chi connectivity index (χ2n) is 8.10. The Bertz CT molecular complexity index is 1090. The van der Waals surface area contributed by atoms with Crippen LogP contribution in [-0.2, 0) is 15.1 Å². The molecule has 2 atom stereocenters. The number of amides is 1. The number of nitrogens with zero attached hydrogens (tertiary/aromatic N) is 2. The number of carbonyl (C=O) groups excluding carboxylic acids is 1. The summed E-state index contributed by atoms with van der Waals surface area (Å²) in [6.45, 7) is 1.99. The fourth-order valence-corrected chi connectivity index (χ4v) is 4.68. The summed E-state index contributed by atoms with van der Waals surface area (Å²) >= 11 is 0. The molecule has 1 aromatic heterocycles. The molecule has 1 amide bonds. The van der Waals surface area contributed by atoms with Crippen LogP contribution in [0.5, 0.6) is 0 Å². The molecule has 2 unspecified atom stereocenters. The van der Waals surface area contributed by atoms with Crippen LogP contribution in [0.2, 0.25) is 0 Å². The monoisotopic (exact) mass is 423 g/mol. The van der Waals surface area contributed by atoms with E-state index in [9.17, 15) is 4.79 Å². The zero-order valence-corrected chi connectivity index (χ0v) is 17.9. The summed E-state index contributed by atoms with van der Waals surface area (Å²) in [7, 11) is 0. The van der Waals surface area contributed by atoms with E-state index in [1.54, 1.807) is 0 Å². The van der Waals surface area contributed by atoms with Gasteiger partial charge in [0, 0.05) is 6.20 Å². The molecule has 5 nitrogen and oxygen atoms in total. The van der Waals surface area contributed by atoms with Crippen LogP contribution in [0.25, 0.3) is 0 Å². The Balaban J connectivity index is 1.73. The first kappa shape index (κ1) is 20.2. The Hall–Kier alpha value is -3.70. The predicted molar refractivity (Wildman–Crippen MR) is 123 cm³/mol. The Morgan fingerprint density at radius 1 is 0.875 bits per heavy atom. The Morgan fingerprint density at radius 2 is 1.38 bits per heavy atom. The molecule has 2 heterocycles.